The molecule has 0 amide bonds. The summed E-state index contributed by atoms with van der Waals surface area (Å²) < 4.78 is 33.6. The highest BCUT2D eigenvalue weighted by atomic mass is 35.5. The van der Waals surface area contributed by atoms with Gasteiger partial charge in [0.25, 0.3) is 0 Å². The highest BCUT2D eigenvalue weighted by Gasteiger charge is 2.41. The Balaban J connectivity index is 1.39. The predicted molar refractivity (Wildman–Crippen MR) is 122 cm³/mol. The average Bonchev–Trinajstić information content (AvgIpc) is 3.59. The van der Waals surface area contributed by atoms with Crippen LogP contribution in [0.2, 0.25) is 5.02 Å². The van der Waals surface area contributed by atoms with E-state index in [1.807, 2.05) is 16.7 Å². The van der Waals surface area contributed by atoms with Gasteiger partial charge in [0.15, 0.2) is 0 Å². The molecular formula is C21H24ClN5O4S. The molecular weight excluding hydrogens is 454 g/mol. The molecule has 0 spiro atoms. The third-order valence-corrected chi connectivity index (χ3v) is 8.72. The Morgan fingerprint density at radius 1 is 1.19 bits per heavy atom. The van der Waals surface area contributed by atoms with Crippen molar-refractivity contribution in [3.63, 3.8) is 0 Å². The number of benzene rings is 1. The van der Waals surface area contributed by atoms with Crippen LogP contribution >= 0.6 is 11.6 Å². The molecule has 2 aromatic heterocycles. The average molecular weight is 478 g/mol. The smallest absolute Gasteiger partial charge is 0.217 e. The number of anilines is 1. The molecule has 11 heteroatoms. The van der Waals surface area contributed by atoms with E-state index in [2.05, 4.69) is 9.88 Å². The van der Waals surface area contributed by atoms with Gasteiger partial charge in [0.2, 0.25) is 10.0 Å². The Kier molecular flexibility index (Phi) is 5.48. The number of imidazole rings is 1. The van der Waals surface area contributed by atoms with Crippen LogP contribution in [0.1, 0.15) is 18.4 Å². The van der Waals surface area contributed by atoms with Gasteiger partial charge in [-0.2, -0.15) is 4.31 Å². The van der Waals surface area contributed by atoms with Crippen molar-refractivity contribution in [1.82, 2.24) is 18.7 Å². The van der Waals surface area contributed by atoms with Crippen LogP contribution in [-0.4, -0.2) is 70.7 Å². The molecule has 0 atom stereocenters. The molecule has 170 valence electrons. The fourth-order valence-corrected chi connectivity index (χ4v) is 6.12. The minimum atomic E-state index is -3.14. The number of nitrogens with zero attached hydrogens (tertiary/aromatic N) is 5. The number of methoxy groups -OCH3 is 1. The summed E-state index contributed by atoms with van der Waals surface area (Å²) >= 11 is 6.29. The van der Waals surface area contributed by atoms with E-state index in [1.54, 1.807) is 22.8 Å². The van der Waals surface area contributed by atoms with Crippen molar-refractivity contribution >= 4 is 33.1 Å². The SMILES string of the molecule is COc1cc(CO)c(-c2cn3cnc(N4CCN(S(=O)(=O)C5CC5)CC4)cc3n2)cc1Cl. The van der Waals surface area contributed by atoms with Gasteiger partial charge in [-0.05, 0) is 30.5 Å². The molecule has 1 saturated heterocycles. The maximum absolute atomic E-state index is 12.5. The Morgan fingerprint density at radius 3 is 2.59 bits per heavy atom. The highest BCUT2D eigenvalue weighted by Crippen LogP contribution is 2.34. The number of aromatic nitrogens is 3. The lowest BCUT2D eigenvalue weighted by molar-refractivity contribution is 0.281. The van der Waals surface area contributed by atoms with E-state index < -0.39 is 10.0 Å². The van der Waals surface area contributed by atoms with Gasteiger partial charge in [-0.1, -0.05) is 11.6 Å². The van der Waals surface area contributed by atoms with E-state index in [0.29, 0.717) is 53.9 Å². The molecule has 1 saturated carbocycles. The predicted octanol–water partition coefficient (Wildman–Crippen LogP) is 2.16. The van der Waals surface area contributed by atoms with E-state index in [1.165, 1.54) is 7.11 Å². The molecule has 0 bridgehead atoms. The summed E-state index contributed by atoms with van der Waals surface area (Å²) in [5.74, 6) is 1.25. The molecule has 3 aromatic rings. The number of hydrogen-bond donors (Lipinski definition) is 1. The van der Waals surface area contributed by atoms with Crippen LogP contribution in [0.25, 0.3) is 16.9 Å². The summed E-state index contributed by atoms with van der Waals surface area (Å²) in [5.41, 5.74) is 2.75. The number of hydrogen-bond acceptors (Lipinski definition) is 7. The molecule has 3 heterocycles. The minimum absolute atomic E-state index is 0.172. The Bertz CT molecular complexity index is 1270. The first kappa shape index (κ1) is 21.4. The van der Waals surface area contributed by atoms with E-state index in [-0.39, 0.29) is 11.9 Å². The molecule has 1 N–H and O–H groups in total. The third kappa shape index (κ3) is 3.81. The second-order valence-electron chi connectivity index (χ2n) is 8.07. The maximum Gasteiger partial charge on any atom is 0.217 e. The van der Waals surface area contributed by atoms with Crippen LogP contribution in [-0.2, 0) is 16.6 Å². The number of piperazine rings is 1. The lowest BCUT2D eigenvalue weighted by Gasteiger charge is -2.34. The van der Waals surface area contributed by atoms with Gasteiger partial charge in [-0.25, -0.2) is 18.4 Å². The fraction of sp³-hybridized carbons (Fsp3) is 0.429. The first-order chi connectivity index (χ1) is 15.4. The zero-order valence-corrected chi connectivity index (χ0v) is 19.2. The number of aliphatic hydroxyl groups excluding tert-OH is 1. The first-order valence-electron chi connectivity index (χ1n) is 10.5. The van der Waals surface area contributed by atoms with Crippen LogP contribution in [0.4, 0.5) is 5.82 Å². The molecule has 0 radical (unpaired) electrons. The summed E-state index contributed by atoms with van der Waals surface area (Å²) in [4.78, 5) is 11.3. The van der Waals surface area contributed by atoms with Gasteiger partial charge in [0, 0.05) is 44.0 Å². The van der Waals surface area contributed by atoms with Crippen LogP contribution in [0.5, 0.6) is 5.75 Å². The number of ether oxygens (including phenoxy) is 1. The van der Waals surface area contributed by atoms with E-state index in [0.717, 1.165) is 24.2 Å². The van der Waals surface area contributed by atoms with Crippen LogP contribution in [0, 0.1) is 0 Å². The number of rotatable bonds is 6. The van der Waals surface area contributed by atoms with Gasteiger partial charge < -0.3 is 14.7 Å². The first-order valence-corrected chi connectivity index (χ1v) is 12.3. The second-order valence-corrected chi connectivity index (χ2v) is 10.7. The number of halogens is 1. The summed E-state index contributed by atoms with van der Waals surface area (Å²) in [6, 6.07) is 5.33. The molecule has 2 fully saturated rings. The van der Waals surface area contributed by atoms with Gasteiger partial charge in [-0.3, -0.25) is 4.40 Å². The lowest BCUT2D eigenvalue weighted by atomic mass is 10.1. The van der Waals surface area contributed by atoms with Crippen LogP contribution in [0.15, 0.2) is 30.7 Å². The minimum Gasteiger partial charge on any atom is -0.495 e. The lowest BCUT2D eigenvalue weighted by Crippen LogP contribution is -2.49. The van der Waals surface area contributed by atoms with Crippen molar-refractivity contribution in [3.05, 3.63) is 41.3 Å². The zero-order valence-electron chi connectivity index (χ0n) is 17.6. The second kappa shape index (κ2) is 8.18. The molecule has 32 heavy (non-hydrogen) atoms. The molecule has 5 rings (SSSR count). The van der Waals surface area contributed by atoms with Crippen molar-refractivity contribution in [1.29, 1.82) is 0 Å². The molecule has 1 aromatic carbocycles. The van der Waals surface area contributed by atoms with Crippen molar-refractivity contribution in [2.45, 2.75) is 24.7 Å². The highest BCUT2D eigenvalue weighted by molar-refractivity contribution is 7.90. The number of sulfonamides is 1. The van der Waals surface area contributed by atoms with Crippen molar-refractivity contribution in [2.24, 2.45) is 0 Å². The van der Waals surface area contributed by atoms with Crippen molar-refractivity contribution in [3.8, 4) is 17.0 Å². The molecule has 1 aliphatic carbocycles. The molecule has 1 aliphatic heterocycles. The zero-order chi connectivity index (χ0) is 22.5. The molecule has 2 aliphatic rings. The molecule has 9 nitrogen and oxygen atoms in total. The quantitative estimate of drug-likeness (QED) is 0.580. The van der Waals surface area contributed by atoms with Gasteiger partial charge >= 0.3 is 0 Å². The maximum atomic E-state index is 12.5. The number of aliphatic hydroxyl groups is 1. The largest absolute Gasteiger partial charge is 0.495 e. The Labute approximate surface area is 191 Å². The van der Waals surface area contributed by atoms with E-state index in [9.17, 15) is 13.5 Å². The standard InChI is InChI=1S/C21H24ClN5O4S/c1-31-19-8-14(12-28)16(9-17(19)22)18-11-26-13-23-20(10-21(26)24-18)25-4-6-27(7-5-25)32(29,30)15-2-3-15/h8-11,13,15,28H,2-7,12H2,1H3. The topological polar surface area (TPSA) is 100 Å². The summed E-state index contributed by atoms with van der Waals surface area (Å²) in [5, 5.41) is 10.1. The van der Waals surface area contributed by atoms with Crippen molar-refractivity contribution in [2.75, 3.05) is 38.2 Å². The van der Waals surface area contributed by atoms with Gasteiger partial charge in [-0.15, -0.1) is 0 Å². The third-order valence-electron chi connectivity index (χ3n) is 6.03. The fourth-order valence-electron chi connectivity index (χ4n) is 4.05. The Hall–Kier alpha value is -2.40. The summed E-state index contributed by atoms with van der Waals surface area (Å²) in [6.45, 7) is 1.94. The number of fused-ring (bicyclic) bond motifs is 1. The molecule has 0 unspecified atom stereocenters. The van der Waals surface area contributed by atoms with Crippen LogP contribution < -0.4 is 9.64 Å². The van der Waals surface area contributed by atoms with Gasteiger partial charge in [0.05, 0.1) is 29.7 Å². The van der Waals surface area contributed by atoms with Crippen LogP contribution in [0.3, 0.4) is 0 Å². The summed E-state index contributed by atoms with van der Waals surface area (Å²) in [7, 11) is -1.61. The summed E-state index contributed by atoms with van der Waals surface area (Å²) in [6.07, 6.45) is 5.09. The van der Waals surface area contributed by atoms with E-state index >= 15 is 0 Å². The monoisotopic (exact) mass is 477 g/mol. The normalized spacial score (nSPS) is 17.8. The van der Waals surface area contributed by atoms with Crippen molar-refractivity contribution < 1.29 is 18.3 Å². The Morgan fingerprint density at radius 2 is 1.94 bits per heavy atom. The van der Waals surface area contributed by atoms with Gasteiger partial charge in [0.1, 0.15) is 23.5 Å². The van der Waals surface area contributed by atoms with E-state index in [4.69, 9.17) is 21.3 Å².